The Morgan fingerprint density at radius 3 is 2.34 bits per heavy atom. The molecule has 2 heterocycles. The lowest BCUT2D eigenvalue weighted by Crippen LogP contribution is -2.40. The first-order valence-corrected chi connectivity index (χ1v) is 15.4. The van der Waals surface area contributed by atoms with Crippen LogP contribution < -0.4 is 33.8 Å². The highest BCUT2D eigenvalue weighted by Crippen LogP contribution is 2.42. The van der Waals surface area contributed by atoms with Gasteiger partial charge in [0, 0.05) is 10.0 Å². The Morgan fingerprint density at radius 2 is 1.70 bits per heavy atom. The van der Waals surface area contributed by atoms with E-state index in [4.69, 9.17) is 23.7 Å². The predicted octanol–water partition coefficient (Wildman–Crippen LogP) is 5.17. The normalized spacial score (nSPS) is 14.5. The molecule has 9 nitrogen and oxygen atoms in total. The number of rotatable bonds is 10. The number of hydrogen-bond acceptors (Lipinski definition) is 9. The highest BCUT2D eigenvalue weighted by Gasteiger charge is 2.34. The zero-order valence-corrected chi connectivity index (χ0v) is 27.3. The Hall–Kier alpha value is -4.35. The highest BCUT2D eigenvalue weighted by atomic mass is 79.9. The number of carbonyl (C=O) groups excluding carboxylic acids is 1. The van der Waals surface area contributed by atoms with Gasteiger partial charge in [0.2, 0.25) is 5.75 Å². The van der Waals surface area contributed by atoms with Crippen molar-refractivity contribution in [3.63, 3.8) is 0 Å². The van der Waals surface area contributed by atoms with E-state index >= 15 is 0 Å². The highest BCUT2D eigenvalue weighted by molar-refractivity contribution is 9.10. The molecular weight excluding hydrogens is 648 g/mol. The van der Waals surface area contributed by atoms with Crippen LogP contribution >= 0.6 is 27.3 Å². The van der Waals surface area contributed by atoms with E-state index in [0.29, 0.717) is 55.8 Å². The standard InChI is InChI=1S/C33H31BrN2O7S/c1-6-42-32(38)28-19(2)35-33-36(29(28)22-15-25(39-3)30(41-5)26(16-22)40-4)31(37)27(44-33)17-21-14-23(34)12-13-24(21)43-18-20-10-8-7-9-11-20/h7-17,29H,6,18H2,1-5H3/b27-17-/t29-/m1/s1. The number of esters is 1. The molecule has 5 rings (SSSR count). The largest absolute Gasteiger partial charge is 0.493 e. The lowest BCUT2D eigenvalue weighted by molar-refractivity contribution is -0.139. The van der Waals surface area contributed by atoms with Crippen molar-refractivity contribution in [2.75, 3.05) is 27.9 Å². The lowest BCUT2D eigenvalue weighted by atomic mass is 9.95. The first kappa shape index (κ1) is 31.1. The maximum absolute atomic E-state index is 14.2. The van der Waals surface area contributed by atoms with Crippen LogP contribution in [0.25, 0.3) is 6.08 Å². The third kappa shape index (κ3) is 6.15. The summed E-state index contributed by atoms with van der Waals surface area (Å²) in [5, 5.41) is 0. The summed E-state index contributed by atoms with van der Waals surface area (Å²) in [4.78, 5) is 32.7. The summed E-state index contributed by atoms with van der Waals surface area (Å²) in [6.45, 7) is 4.00. The number of carbonyl (C=O) groups is 1. The van der Waals surface area contributed by atoms with Crippen LogP contribution in [0.2, 0.25) is 0 Å². The molecule has 0 amide bonds. The Kier molecular flexibility index (Phi) is 9.55. The van der Waals surface area contributed by atoms with Gasteiger partial charge in [-0.2, -0.15) is 0 Å². The van der Waals surface area contributed by atoms with Crippen molar-refractivity contribution in [3.8, 4) is 23.0 Å². The van der Waals surface area contributed by atoms with E-state index in [1.807, 2.05) is 48.5 Å². The predicted molar refractivity (Wildman–Crippen MR) is 171 cm³/mol. The topological polar surface area (TPSA) is 97.6 Å². The van der Waals surface area contributed by atoms with E-state index < -0.39 is 12.0 Å². The van der Waals surface area contributed by atoms with Crippen molar-refractivity contribution in [1.29, 1.82) is 0 Å². The number of benzene rings is 3. The number of allylic oxidation sites excluding steroid dienone is 1. The van der Waals surface area contributed by atoms with Gasteiger partial charge in [-0.15, -0.1) is 0 Å². The van der Waals surface area contributed by atoms with E-state index in [0.717, 1.165) is 10.0 Å². The summed E-state index contributed by atoms with van der Waals surface area (Å²) in [7, 11) is 4.53. The zero-order chi connectivity index (χ0) is 31.4. The number of halogens is 1. The molecule has 0 saturated carbocycles. The van der Waals surface area contributed by atoms with Crippen molar-refractivity contribution >= 4 is 39.3 Å². The fraction of sp³-hybridized carbons (Fsp3) is 0.242. The number of fused-ring (bicyclic) bond motifs is 1. The average molecular weight is 680 g/mol. The van der Waals surface area contributed by atoms with Crippen molar-refractivity contribution in [1.82, 2.24) is 4.57 Å². The summed E-state index contributed by atoms with van der Waals surface area (Å²) in [6.07, 6.45) is 1.78. The van der Waals surface area contributed by atoms with Gasteiger partial charge >= 0.3 is 5.97 Å². The number of aromatic nitrogens is 1. The smallest absolute Gasteiger partial charge is 0.338 e. The van der Waals surface area contributed by atoms with Crippen LogP contribution in [0.3, 0.4) is 0 Å². The van der Waals surface area contributed by atoms with E-state index in [2.05, 4.69) is 20.9 Å². The molecule has 0 fully saturated rings. The minimum Gasteiger partial charge on any atom is -0.493 e. The van der Waals surface area contributed by atoms with Crippen LogP contribution in [0.4, 0.5) is 0 Å². The minimum absolute atomic E-state index is 0.163. The Labute approximate surface area is 266 Å². The van der Waals surface area contributed by atoms with Gasteiger partial charge in [-0.25, -0.2) is 9.79 Å². The molecule has 44 heavy (non-hydrogen) atoms. The molecule has 11 heteroatoms. The fourth-order valence-corrected chi connectivity index (χ4v) is 6.42. The molecule has 1 atom stereocenters. The van der Waals surface area contributed by atoms with Crippen LogP contribution in [-0.4, -0.2) is 38.5 Å². The van der Waals surface area contributed by atoms with E-state index in [9.17, 15) is 9.59 Å². The molecule has 0 unspecified atom stereocenters. The van der Waals surface area contributed by atoms with Gasteiger partial charge in [-0.05, 0) is 61.4 Å². The monoisotopic (exact) mass is 678 g/mol. The first-order chi connectivity index (χ1) is 21.3. The molecule has 228 valence electrons. The Morgan fingerprint density at radius 1 is 1.00 bits per heavy atom. The lowest BCUT2D eigenvalue weighted by Gasteiger charge is -2.26. The van der Waals surface area contributed by atoms with Gasteiger partial charge in [0.05, 0.1) is 49.8 Å². The van der Waals surface area contributed by atoms with Gasteiger partial charge in [0.15, 0.2) is 16.3 Å². The molecule has 1 aromatic heterocycles. The summed E-state index contributed by atoms with van der Waals surface area (Å²) in [5.74, 6) is 1.22. The van der Waals surface area contributed by atoms with E-state index in [-0.39, 0.29) is 17.7 Å². The first-order valence-electron chi connectivity index (χ1n) is 13.7. The maximum atomic E-state index is 14.2. The molecule has 1 aliphatic rings. The van der Waals surface area contributed by atoms with Crippen LogP contribution in [0, 0.1) is 0 Å². The minimum atomic E-state index is -0.863. The van der Waals surface area contributed by atoms with Crippen molar-refractivity contribution in [2.24, 2.45) is 4.99 Å². The summed E-state index contributed by atoms with van der Waals surface area (Å²) >= 11 is 4.77. The summed E-state index contributed by atoms with van der Waals surface area (Å²) in [5.41, 5.74) is 2.67. The maximum Gasteiger partial charge on any atom is 0.338 e. The third-order valence-electron chi connectivity index (χ3n) is 7.02. The summed E-state index contributed by atoms with van der Waals surface area (Å²) < 4.78 is 31.0. The molecular formula is C33H31BrN2O7S. The van der Waals surface area contributed by atoms with Crippen LogP contribution in [-0.2, 0) is 16.1 Å². The van der Waals surface area contributed by atoms with Gasteiger partial charge < -0.3 is 23.7 Å². The van der Waals surface area contributed by atoms with Crippen molar-refractivity contribution in [3.05, 3.63) is 113 Å². The fourth-order valence-electron chi connectivity index (χ4n) is 5.01. The van der Waals surface area contributed by atoms with E-state index in [1.54, 1.807) is 32.1 Å². The molecule has 0 bridgehead atoms. The molecule has 0 saturated heterocycles. The number of methoxy groups -OCH3 is 3. The quantitative estimate of drug-likeness (QED) is 0.214. The number of hydrogen-bond donors (Lipinski definition) is 0. The molecule has 4 aromatic rings. The van der Waals surface area contributed by atoms with Crippen LogP contribution in [0.5, 0.6) is 23.0 Å². The molecule has 0 N–H and O–H groups in total. The number of nitrogens with zero attached hydrogens (tertiary/aromatic N) is 2. The van der Waals surface area contributed by atoms with Gasteiger partial charge in [-0.3, -0.25) is 9.36 Å². The van der Waals surface area contributed by atoms with Crippen molar-refractivity contribution < 1.29 is 28.5 Å². The third-order valence-corrected chi connectivity index (χ3v) is 8.49. The van der Waals surface area contributed by atoms with Gasteiger partial charge in [-0.1, -0.05) is 57.6 Å². The average Bonchev–Trinajstić information content (AvgIpc) is 3.33. The molecule has 3 aromatic carbocycles. The second-order valence-electron chi connectivity index (χ2n) is 9.72. The number of thiazole rings is 1. The second-order valence-corrected chi connectivity index (χ2v) is 11.6. The number of ether oxygens (including phenoxy) is 5. The molecule has 1 aliphatic heterocycles. The summed E-state index contributed by atoms with van der Waals surface area (Å²) in [6, 6.07) is 18.1. The van der Waals surface area contributed by atoms with Crippen LogP contribution in [0.15, 0.2) is 86.2 Å². The Bertz CT molecular complexity index is 1890. The van der Waals surface area contributed by atoms with E-state index in [1.165, 1.54) is 37.2 Å². The Balaban J connectivity index is 1.69. The van der Waals surface area contributed by atoms with Crippen LogP contribution in [0.1, 0.15) is 36.6 Å². The molecule has 0 radical (unpaired) electrons. The SMILES string of the molecule is CCOC(=O)C1=C(C)N=c2s/c(=C\c3cc(Br)ccc3OCc3ccccc3)c(=O)n2[C@@H]1c1cc(OC)c(OC)c(OC)c1. The zero-order valence-electron chi connectivity index (χ0n) is 24.9. The molecule has 0 aliphatic carbocycles. The second kappa shape index (κ2) is 13.5. The van der Waals surface area contributed by atoms with Gasteiger partial charge in [0.1, 0.15) is 12.4 Å². The van der Waals surface area contributed by atoms with Gasteiger partial charge in [0.25, 0.3) is 5.56 Å². The van der Waals surface area contributed by atoms with Crippen molar-refractivity contribution in [2.45, 2.75) is 26.5 Å². The molecule has 0 spiro atoms.